The molecule has 3 heterocycles. The Morgan fingerprint density at radius 3 is 3.00 bits per heavy atom. The summed E-state index contributed by atoms with van der Waals surface area (Å²) in [4.78, 5) is 16.1. The standard InChI is InChI=1S/C18H16ClN3OS/c19-13-5-1-4-12(10-13)14-11-15(21-20-14)18(23)22-8-2-6-16(22)17-7-3-9-24-17/h1,3-5,7,9-11,16H,2,6,8H2,(H,20,21). The van der Waals surface area contributed by atoms with Crippen LogP contribution in [0.1, 0.15) is 34.2 Å². The number of nitrogens with one attached hydrogen (secondary N) is 1. The molecule has 24 heavy (non-hydrogen) atoms. The molecule has 0 spiro atoms. The molecule has 3 aromatic rings. The van der Waals surface area contributed by atoms with Gasteiger partial charge in [-0.15, -0.1) is 11.3 Å². The van der Waals surface area contributed by atoms with Crippen LogP contribution in [0.2, 0.25) is 5.02 Å². The van der Waals surface area contributed by atoms with Gasteiger partial charge in [0.15, 0.2) is 0 Å². The normalized spacial score (nSPS) is 17.4. The Morgan fingerprint density at radius 2 is 2.21 bits per heavy atom. The fourth-order valence-corrected chi connectivity index (χ4v) is 4.23. The number of aromatic nitrogens is 2. The van der Waals surface area contributed by atoms with Crippen LogP contribution in [0.4, 0.5) is 0 Å². The molecular formula is C18H16ClN3OS. The monoisotopic (exact) mass is 357 g/mol. The van der Waals surface area contributed by atoms with Gasteiger partial charge in [0.1, 0.15) is 5.69 Å². The van der Waals surface area contributed by atoms with Gasteiger partial charge in [0.25, 0.3) is 5.91 Å². The lowest BCUT2D eigenvalue weighted by Gasteiger charge is -2.23. The molecule has 1 fully saturated rings. The minimum atomic E-state index is 0.00618. The summed E-state index contributed by atoms with van der Waals surface area (Å²) < 4.78 is 0. The van der Waals surface area contributed by atoms with E-state index in [1.54, 1.807) is 17.4 Å². The molecule has 4 nitrogen and oxygen atoms in total. The summed E-state index contributed by atoms with van der Waals surface area (Å²) in [6.45, 7) is 0.785. The number of H-pyrrole nitrogens is 1. The summed E-state index contributed by atoms with van der Waals surface area (Å²) in [5.74, 6) is 0.00618. The Labute approximate surface area is 149 Å². The van der Waals surface area contributed by atoms with Gasteiger partial charge in [-0.2, -0.15) is 5.10 Å². The van der Waals surface area contributed by atoms with E-state index in [2.05, 4.69) is 21.6 Å². The van der Waals surface area contributed by atoms with Crippen molar-refractivity contribution in [3.63, 3.8) is 0 Å². The van der Waals surface area contributed by atoms with E-state index in [0.29, 0.717) is 10.7 Å². The highest BCUT2D eigenvalue weighted by Gasteiger charge is 2.32. The lowest BCUT2D eigenvalue weighted by Crippen LogP contribution is -2.30. The van der Waals surface area contributed by atoms with Crippen LogP contribution in [-0.2, 0) is 0 Å². The Kier molecular flexibility index (Phi) is 4.12. The third-order valence-electron chi connectivity index (χ3n) is 4.31. The molecule has 1 unspecified atom stereocenters. The molecule has 0 saturated carbocycles. The van der Waals surface area contributed by atoms with Crippen molar-refractivity contribution in [2.45, 2.75) is 18.9 Å². The minimum Gasteiger partial charge on any atom is -0.329 e. The van der Waals surface area contributed by atoms with Crippen molar-refractivity contribution in [1.82, 2.24) is 15.1 Å². The second-order valence-corrected chi connectivity index (χ2v) is 7.26. The quantitative estimate of drug-likeness (QED) is 0.734. The van der Waals surface area contributed by atoms with E-state index >= 15 is 0 Å². The second kappa shape index (κ2) is 6.42. The zero-order valence-corrected chi connectivity index (χ0v) is 14.5. The predicted octanol–water partition coefficient (Wildman–Crippen LogP) is 4.77. The molecule has 0 aliphatic carbocycles. The summed E-state index contributed by atoms with van der Waals surface area (Å²) in [5.41, 5.74) is 2.15. The van der Waals surface area contributed by atoms with Crippen LogP contribution < -0.4 is 0 Å². The Hall–Kier alpha value is -2.11. The van der Waals surface area contributed by atoms with Crippen LogP contribution in [-0.4, -0.2) is 27.5 Å². The van der Waals surface area contributed by atoms with Crippen molar-refractivity contribution >= 4 is 28.8 Å². The molecule has 1 N–H and O–H groups in total. The number of nitrogens with zero attached hydrogens (tertiary/aromatic N) is 2. The Morgan fingerprint density at radius 1 is 1.29 bits per heavy atom. The van der Waals surface area contributed by atoms with Crippen LogP contribution in [0.5, 0.6) is 0 Å². The smallest absolute Gasteiger partial charge is 0.272 e. The maximum absolute atomic E-state index is 12.9. The predicted molar refractivity (Wildman–Crippen MR) is 96.4 cm³/mol. The van der Waals surface area contributed by atoms with Crippen molar-refractivity contribution in [1.29, 1.82) is 0 Å². The number of rotatable bonds is 3. The van der Waals surface area contributed by atoms with Crippen LogP contribution in [0, 0.1) is 0 Å². The van der Waals surface area contributed by atoms with Gasteiger partial charge in [-0.25, -0.2) is 0 Å². The molecule has 1 atom stereocenters. The third kappa shape index (κ3) is 2.85. The topological polar surface area (TPSA) is 49.0 Å². The van der Waals surface area contributed by atoms with E-state index in [4.69, 9.17) is 11.6 Å². The first-order valence-corrected chi connectivity index (χ1v) is 9.14. The van der Waals surface area contributed by atoms with Crippen LogP contribution in [0.25, 0.3) is 11.3 Å². The summed E-state index contributed by atoms with van der Waals surface area (Å²) in [6.07, 6.45) is 2.05. The zero-order chi connectivity index (χ0) is 16.5. The van der Waals surface area contributed by atoms with Gasteiger partial charge in [-0.05, 0) is 42.5 Å². The van der Waals surface area contributed by atoms with Crippen molar-refractivity contribution in [3.8, 4) is 11.3 Å². The van der Waals surface area contributed by atoms with Gasteiger partial charge in [0, 0.05) is 22.0 Å². The average Bonchev–Trinajstić information content (AvgIpc) is 3.33. The van der Waals surface area contributed by atoms with Gasteiger partial charge in [0.2, 0.25) is 0 Å². The second-order valence-electron chi connectivity index (χ2n) is 5.85. The number of carbonyl (C=O) groups excluding carboxylic acids is 1. The fraction of sp³-hybridized carbons (Fsp3) is 0.222. The first kappa shape index (κ1) is 15.4. The van der Waals surface area contributed by atoms with Gasteiger partial charge in [0.05, 0.1) is 11.7 Å². The van der Waals surface area contributed by atoms with Crippen LogP contribution in [0.15, 0.2) is 47.8 Å². The molecule has 1 aliphatic heterocycles. The van der Waals surface area contributed by atoms with Crippen molar-refractivity contribution in [3.05, 3.63) is 63.4 Å². The summed E-state index contributed by atoms with van der Waals surface area (Å²) in [5, 5.41) is 9.88. The fourth-order valence-electron chi connectivity index (χ4n) is 3.17. The molecule has 1 aliphatic rings. The highest BCUT2D eigenvalue weighted by Crippen LogP contribution is 2.35. The van der Waals surface area contributed by atoms with Gasteiger partial charge in [-0.1, -0.05) is 29.8 Å². The molecule has 4 rings (SSSR count). The van der Waals surface area contributed by atoms with Gasteiger partial charge >= 0.3 is 0 Å². The molecule has 0 radical (unpaired) electrons. The number of hydrogen-bond donors (Lipinski definition) is 1. The largest absolute Gasteiger partial charge is 0.329 e. The van der Waals surface area contributed by atoms with Crippen molar-refractivity contribution in [2.24, 2.45) is 0 Å². The highest BCUT2D eigenvalue weighted by atomic mass is 35.5. The Balaban J connectivity index is 1.59. The van der Waals surface area contributed by atoms with E-state index in [1.807, 2.05) is 35.2 Å². The van der Waals surface area contributed by atoms with Gasteiger partial charge in [-0.3, -0.25) is 9.89 Å². The Bertz CT molecular complexity index is 859. The third-order valence-corrected chi connectivity index (χ3v) is 5.52. The number of aromatic amines is 1. The van der Waals surface area contributed by atoms with E-state index in [9.17, 15) is 4.79 Å². The SMILES string of the molecule is O=C(c1cc(-c2cccc(Cl)c2)n[nH]1)N1CCCC1c1cccs1. The molecule has 2 aromatic heterocycles. The maximum Gasteiger partial charge on any atom is 0.272 e. The molecule has 1 aromatic carbocycles. The number of hydrogen-bond acceptors (Lipinski definition) is 3. The lowest BCUT2D eigenvalue weighted by molar-refractivity contribution is 0.0732. The summed E-state index contributed by atoms with van der Waals surface area (Å²) in [7, 11) is 0. The summed E-state index contributed by atoms with van der Waals surface area (Å²) >= 11 is 7.74. The lowest BCUT2D eigenvalue weighted by atomic mass is 10.1. The minimum absolute atomic E-state index is 0.00618. The van der Waals surface area contributed by atoms with E-state index in [1.165, 1.54) is 4.88 Å². The molecule has 1 saturated heterocycles. The number of carbonyl (C=O) groups is 1. The first-order valence-electron chi connectivity index (χ1n) is 7.88. The number of amides is 1. The molecule has 122 valence electrons. The van der Waals surface area contributed by atoms with Crippen molar-refractivity contribution < 1.29 is 4.79 Å². The number of halogens is 1. The van der Waals surface area contributed by atoms with Crippen LogP contribution in [0.3, 0.4) is 0 Å². The molecule has 1 amide bonds. The van der Waals surface area contributed by atoms with Gasteiger partial charge < -0.3 is 4.90 Å². The summed E-state index contributed by atoms with van der Waals surface area (Å²) in [6, 6.07) is 13.6. The molecule has 0 bridgehead atoms. The van der Waals surface area contributed by atoms with E-state index < -0.39 is 0 Å². The first-order chi connectivity index (χ1) is 11.7. The van der Waals surface area contributed by atoms with Crippen molar-refractivity contribution in [2.75, 3.05) is 6.54 Å². The van der Waals surface area contributed by atoms with E-state index in [-0.39, 0.29) is 11.9 Å². The molecular weight excluding hydrogens is 342 g/mol. The van der Waals surface area contributed by atoms with E-state index in [0.717, 1.165) is 30.6 Å². The zero-order valence-electron chi connectivity index (χ0n) is 12.9. The number of thiophene rings is 1. The number of likely N-dealkylation sites (tertiary alicyclic amines) is 1. The highest BCUT2D eigenvalue weighted by molar-refractivity contribution is 7.10. The molecule has 6 heteroatoms. The number of benzene rings is 1. The average molecular weight is 358 g/mol. The van der Waals surface area contributed by atoms with Crippen LogP contribution >= 0.6 is 22.9 Å². The maximum atomic E-state index is 12.9.